The van der Waals surface area contributed by atoms with Gasteiger partial charge in [-0.25, -0.2) is 4.79 Å². The van der Waals surface area contributed by atoms with Crippen LogP contribution in [-0.4, -0.2) is 17.7 Å². The van der Waals surface area contributed by atoms with Crippen molar-refractivity contribution in [2.45, 2.75) is 13.0 Å². The molecule has 3 rings (SSSR count). The molecule has 0 fully saturated rings. The van der Waals surface area contributed by atoms with Crippen LogP contribution in [0.2, 0.25) is 10.0 Å². The molecule has 2 aromatic carbocycles. The summed E-state index contributed by atoms with van der Waals surface area (Å²) in [5, 5.41) is 7.34. The van der Waals surface area contributed by atoms with Crippen molar-refractivity contribution in [2.75, 3.05) is 6.61 Å². The first kappa shape index (κ1) is 18.7. The van der Waals surface area contributed by atoms with E-state index in [0.717, 1.165) is 5.56 Å². The lowest BCUT2D eigenvalue weighted by atomic mass is 9.92. The number of benzene rings is 2. The number of ether oxygens (including phenoxy) is 1. The molecule has 134 valence electrons. The van der Waals surface area contributed by atoms with Crippen molar-refractivity contribution in [3.63, 3.8) is 0 Å². The number of nitrogens with one attached hydrogen (secondary N) is 2. The van der Waals surface area contributed by atoms with Crippen LogP contribution in [0.25, 0.3) is 5.70 Å². The number of hydrogen-bond donors (Lipinski definition) is 2. The maximum absolute atomic E-state index is 12.8. The molecule has 2 aromatic rings. The largest absolute Gasteiger partial charge is 0.463 e. The smallest absolute Gasteiger partial charge is 0.338 e. The summed E-state index contributed by atoms with van der Waals surface area (Å²) in [6.07, 6.45) is 0. The van der Waals surface area contributed by atoms with Crippen LogP contribution in [0.15, 0.2) is 54.1 Å². The molecule has 7 heteroatoms. The van der Waals surface area contributed by atoms with Gasteiger partial charge in [0, 0.05) is 0 Å². The number of rotatable bonds is 4. The van der Waals surface area contributed by atoms with Crippen molar-refractivity contribution in [1.29, 1.82) is 0 Å². The highest BCUT2D eigenvalue weighted by molar-refractivity contribution is 7.80. The summed E-state index contributed by atoms with van der Waals surface area (Å²) < 4.78 is 5.29. The summed E-state index contributed by atoms with van der Waals surface area (Å²) in [6, 6.07) is 14.2. The van der Waals surface area contributed by atoms with Gasteiger partial charge in [-0.3, -0.25) is 0 Å². The monoisotopic (exact) mass is 406 g/mol. The Morgan fingerprint density at radius 3 is 2.58 bits per heavy atom. The molecule has 0 saturated heterocycles. The van der Waals surface area contributed by atoms with Gasteiger partial charge in [0.2, 0.25) is 0 Å². The minimum Gasteiger partial charge on any atom is -0.463 e. The number of thiocarbonyl (C=S) groups is 1. The predicted octanol–water partition coefficient (Wildman–Crippen LogP) is 4.49. The van der Waals surface area contributed by atoms with Gasteiger partial charge in [-0.1, -0.05) is 65.7 Å². The van der Waals surface area contributed by atoms with E-state index in [1.807, 2.05) is 36.4 Å². The first-order valence-electron chi connectivity index (χ1n) is 8.01. The number of esters is 1. The summed E-state index contributed by atoms with van der Waals surface area (Å²) >= 11 is 17.9. The lowest BCUT2D eigenvalue weighted by Gasteiger charge is -2.31. The fourth-order valence-electron chi connectivity index (χ4n) is 2.80. The minimum absolute atomic E-state index is 0.255. The van der Waals surface area contributed by atoms with Crippen LogP contribution in [0, 0.1) is 0 Å². The average Bonchev–Trinajstić information content (AvgIpc) is 2.64. The average molecular weight is 407 g/mol. The van der Waals surface area contributed by atoms with E-state index < -0.39 is 12.0 Å². The lowest BCUT2D eigenvalue weighted by Crippen LogP contribution is -2.45. The van der Waals surface area contributed by atoms with Crippen molar-refractivity contribution in [1.82, 2.24) is 10.6 Å². The van der Waals surface area contributed by atoms with Gasteiger partial charge >= 0.3 is 5.97 Å². The summed E-state index contributed by atoms with van der Waals surface area (Å²) in [4.78, 5) is 12.8. The predicted molar refractivity (Wildman–Crippen MR) is 108 cm³/mol. The summed E-state index contributed by atoms with van der Waals surface area (Å²) in [7, 11) is 0. The Morgan fingerprint density at radius 2 is 1.88 bits per heavy atom. The number of carbonyl (C=O) groups excluding carboxylic acids is 1. The molecule has 26 heavy (non-hydrogen) atoms. The molecule has 0 radical (unpaired) electrons. The zero-order chi connectivity index (χ0) is 18.7. The number of halogens is 2. The first-order chi connectivity index (χ1) is 12.5. The highest BCUT2D eigenvalue weighted by Gasteiger charge is 2.34. The van der Waals surface area contributed by atoms with Crippen LogP contribution < -0.4 is 10.6 Å². The second-order valence-corrected chi connectivity index (χ2v) is 6.74. The molecule has 2 N–H and O–H groups in total. The third kappa shape index (κ3) is 3.70. The van der Waals surface area contributed by atoms with Crippen LogP contribution in [-0.2, 0) is 9.53 Å². The van der Waals surface area contributed by atoms with Crippen LogP contribution in [0.1, 0.15) is 24.1 Å². The van der Waals surface area contributed by atoms with Crippen molar-refractivity contribution in [2.24, 2.45) is 0 Å². The van der Waals surface area contributed by atoms with E-state index in [1.54, 1.807) is 19.1 Å². The van der Waals surface area contributed by atoms with E-state index in [1.165, 1.54) is 0 Å². The minimum atomic E-state index is -0.579. The molecule has 0 bridgehead atoms. The Kier molecular flexibility index (Phi) is 5.81. The molecule has 0 saturated carbocycles. The maximum atomic E-state index is 12.8. The van der Waals surface area contributed by atoms with Crippen molar-refractivity contribution in [3.05, 3.63) is 75.3 Å². The second kappa shape index (κ2) is 8.08. The zero-order valence-corrected chi connectivity index (χ0v) is 16.2. The van der Waals surface area contributed by atoms with E-state index >= 15 is 0 Å². The molecule has 1 atom stereocenters. The molecule has 1 aliphatic heterocycles. The number of carbonyl (C=O) groups is 1. The van der Waals surface area contributed by atoms with E-state index in [9.17, 15) is 4.79 Å². The first-order valence-corrected chi connectivity index (χ1v) is 9.17. The van der Waals surface area contributed by atoms with E-state index in [4.69, 9.17) is 40.2 Å². The summed E-state index contributed by atoms with van der Waals surface area (Å²) in [5.74, 6) is -0.449. The molecule has 0 spiro atoms. The van der Waals surface area contributed by atoms with Crippen LogP contribution >= 0.6 is 35.4 Å². The van der Waals surface area contributed by atoms with Crippen LogP contribution in [0.3, 0.4) is 0 Å². The second-order valence-electron chi connectivity index (χ2n) is 5.55. The van der Waals surface area contributed by atoms with Gasteiger partial charge < -0.3 is 15.4 Å². The summed E-state index contributed by atoms with van der Waals surface area (Å²) in [6.45, 7) is 2.02. The van der Waals surface area contributed by atoms with Gasteiger partial charge in [-0.15, -0.1) is 0 Å². The number of hydrogen-bond acceptors (Lipinski definition) is 3. The topological polar surface area (TPSA) is 50.4 Å². The van der Waals surface area contributed by atoms with Gasteiger partial charge in [0.15, 0.2) is 5.11 Å². The molecule has 0 amide bonds. The van der Waals surface area contributed by atoms with Gasteiger partial charge in [-0.05, 0) is 36.3 Å². The Bertz CT molecular complexity index is 884. The molecule has 4 nitrogen and oxygen atoms in total. The quantitative estimate of drug-likeness (QED) is 0.578. The van der Waals surface area contributed by atoms with Crippen molar-refractivity contribution in [3.8, 4) is 0 Å². The van der Waals surface area contributed by atoms with Gasteiger partial charge in [-0.2, -0.15) is 0 Å². The molecular formula is C19H16Cl2N2O2S. The highest BCUT2D eigenvalue weighted by Crippen LogP contribution is 2.37. The molecular weight excluding hydrogens is 391 g/mol. The van der Waals surface area contributed by atoms with E-state index in [-0.39, 0.29) is 6.61 Å². The van der Waals surface area contributed by atoms with Gasteiger partial charge in [0.1, 0.15) is 0 Å². The molecule has 0 unspecified atom stereocenters. The van der Waals surface area contributed by atoms with Gasteiger partial charge in [0.05, 0.1) is 34.0 Å². The maximum Gasteiger partial charge on any atom is 0.338 e. The third-order valence-corrected chi connectivity index (χ3v) is 4.98. The summed E-state index contributed by atoms with van der Waals surface area (Å²) in [5.41, 5.74) is 2.46. The fourth-order valence-corrected chi connectivity index (χ4v) is 3.44. The fraction of sp³-hybridized carbons (Fsp3) is 0.158. The molecule has 0 aliphatic carbocycles. The third-order valence-electron chi connectivity index (χ3n) is 3.92. The highest BCUT2D eigenvalue weighted by atomic mass is 35.5. The van der Waals surface area contributed by atoms with Crippen LogP contribution in [0.5, 0.6) is 0 Å². The Hall–Kier alpha value is -2.08. The zero-order valence-electron chi connectivity index (χ0n) is 13.9. The van der Waals surface area contributed by atoms with Crippen molar-refractivity contribution >= 4 is 52.2 Å². The Morgan fingerprint density at radius 1 is 1.15 bits per heavy atom. The van der Waals surface area contributed by atoms with Gasteiger partial charge in [0.25, 0.3) is 0 Å². The van der Waals surface area contributed by atoms with E-state index in [0.29, 0.717) is 32.0 Å². The molecule has 1 aliphatic rings. The molecule has 0 aromatic heterocycles. The normalized spacial score (nSPS) is 16.7. The van der Waals surface area contributed by atoms with Crippen molar-refractivity contribution < 1.29 is 9.53 Å². The standard InChI is InChI=1S/C19H16Cl2N2O2S/c1-2-25-18(24)14-16(11-7-4-3-5-8-11)22-19(26)23-17(14)12-9-6-10-13(20)15(12)21/h3-10,17H,2H2,1H3,(H2,22,23,26)/t17-/m1/s1. The van der Waals surface area contributed by atoms with Crippen LogP contribution in [0.4, 0.5) is 0 Å². The molecule has 1 heterocycles. The Labute approximate surface area is 167 Å². The van der Waals surface area contributed by atoms with E-state index in [2.05, 4.69) is 10.6 Å². The Balaban J connectivity index is 2.22. The lowest BCUT2D eigenvalue weighted by molar-refractivity contribution is -0.138. The SMILES string of the molecule is CCOC(=O)C1=C(c2ccccc2)NC(=S)N[C@@H]1c1cccc(Cl)c1Cl.